The molecule has 0 aliphatic rings. The molecule has 25 heavy (non-hydrogen) atoms. The maximum atomic E-state index is 5.89. The van der Waals surface area contributed by atoms with Crippen LogP contribution in [0.3, 0.4) is 0 Å². The number of benzene rings is 2. The van der Waals surface area contributed by atoms with Gasteiger partial charge in [0, 0.05) is 12.4 Å². The molecule has 0 atom stereocenters. The van der Waals surface area contributed by atoms with Gasteiger partial charge < -0.3 is 24.5 Å². The van der Waals surface area contributed by atoms with E-state index in [-0.39, 0.29) is 0 Å². The fourth-order valence-corrected chi connectivity index (χ4v) is 2.48. The summed E-state index contributed by atoms with van der Waals surface area (Å²) in [6.07, 6.45) is 3.52. The number of hydrogen-bond donors (Lipinski definition) is 1. The van der Waals surface area contributed by atoms with E-state index in [2.05, 4.69) is 4.98 Å². The second-order valence-electron chi connectivity index (χ2n) is 5.54. The van der Waals surface area contributed by atoms with Crippen LogP contribution in [-0.2, 0) is 13.2 Å². The zero-order valence-electron chi connectivity index (χ0n) is 14.3. The molecular weight excluding hydrogens is 318 g/mol. The topological polar surface area (TPSA) is 71.5 Å². The highest BCUT2D eigenvalue weighted by molar-refractivity contribution is 5.43. The van der Waals surface area contributed by atoms with Crippen LogP contribution in [0.2, 0.25) is 0 Å². The van der Waals surface area contributed by atoms with Gasteiger partial charge in [-0.1, -0.05) is 18.2 Å². The fraction of sp³-hybridized carbons (Fsp3) is 0.211. The van der Waals surface area contributed by atoms with E-state index in [0.717, 1.165) is 16.9 Å². The van der Waals surface area contributed by atoms with Crippen molar-refractivity contribution in [2.24, 2.45) is 0 Å². The molecule has 3 rings (SSSR count). The standard InChI is InChI=1S/C19H21N3O3/c1-23-16-6-3-14(4-7-16)13-25-17-8-5-15(11-18(17)24-2)12-22-10-9-21-19(22)20/h3-11H,12-13H2,1-2H3,(H2,20,21). The monoisotopic (exact) mass is 339 g/mol. The number of aromatic nitrogens is 2. The molecule has 0 saturated carbocycles. The minimum Gasteiger partial charge on any atom is -0.497 e. The van der Waals surface area contributed by atoms with Crippen molar-refractivity contribution in [3.8, 4) is 17.2 Å². The highest BCUT2D eigenvalue weighted by atomic mass is 16.5. The van der Waals surface area contributed by atoms with Crippen molar-refractivity contribution >= 4 is 5.95 Å². The molecule has 0 radical (unpaired) electrons. The lowest BCUT2D eigenvalue weighted by atomic mass is 10.2. The number of hydrogen-bond acceptors (Lipinski definition) is 5. The first-order chi connectivity index (χ1) is 12.2. The Morgan fingerprint density at radius 3 is 2.36 bits per heavy atom. The van der Waals surface area contributed by atoms with Gasteiger partial charge in [0.05, 0.1) is 20.8 Å². The van der Waals surface area contributed by atoms with Crippen LogP contribution < -0.4 is 19.9 Å². The molecule has 6 nitrogen and oxygen atoms in total. The lowest BCUT2D eigenvalue weighted by Gasteiger charge is -2.13. The van der Waals surface area contributed by atoms with Crippen molar-refractivity contribution in [2.75, 3.05) is 20.0 Å². The van der Waals surface area contributed by atoms with E-state index >= 15 is 0 Å². The van der Waals surface area contributed by atoms with Gasteiger partial charge in [0.2, 0.25) is 0 Å². The summed E-state index contributed by atoms with van der Waals surface area (Å²) >= 11 is 0. The fourth-order valence-electron chi connectivity index (χ4n) is 2.48. The van der Waals surface area contributed by atoms with Crippen LogP contribution in [0, 0.1) is 0 Å². The third-order valence-electron chi connectivity index (χ3n) is 3.88. The third-order valence-corrected chi connectivity index (χ3v) is 3.88. The van der Waals surface area contributed by atoms with E-state index in [4.69, 9.17) is 19.9 Å². The molecule has 1 aromatic heterocycles. The average Bonchev–Trinajstić information content (AvgIpc) is 3.05. The smallest absolute Gasteiger partial charge is 0.200 e. The van der Waals surface area contributed by atoms with Gasteiger partial charge in [0.15, 0.2) is 17.4 Å². The Hall–Kier alpha value is -3.15. The van der Waals surface area contributed by atoms with E-state index in [0.29, 0.717) is 30.6 Å². The Kier molecular flexibility index (Phi) is 5.09. The number of nitrogen functional groups attached to an aromatic ring is 1. The van der Waals surface area contributed by atoms with E-state index in [9.17, 15) is 0 Å². The Balaban J connectivity index is 1.69. The Morgan fingerprint density at radius 1 is 0.960 bits per heavy atom. The van der Waals surface area contributed by atoms with Gasteiger partial charge in [-0.2, -0.15) is 0 Å². The summed E-state index contributed by atoms with van der Waals surface area (Å²) < 4.78 is 18.4. The van der Waals surface area contributed by atoms with Crippen molar-refractivity contribution in [1.29, 1.82) is 0 Å². The van der Waals surface area contributed by atoms with Crippen LogP contribution in [0.4, 0.5) is 5.95 Å². The van der Waals surface area contributed by atoms with E-state index in [1.54, 1.807) is 20.4 Å². The van der Waals surface area contributed by atoms with Crippen LogP contribution in [-0.4, -0.2) is 23.8 Å². The molecule has 0 spiro atoms. The molecule has 1 heterocycles. The quantitative estimate of drug-likeness (QED) is 0.716. The van der Waals surface area contributed by atoms with Gasteiger partial charge in [-0.3, -0.25) is 0 Å². The van der Waals surface area contributed by atoms with Crippen LogP contribution in [0.25, 0.3) is 0 Å². The van der Waals surface area contributed by atoms with Crippen LogP contribution in [0.1, 0.15) is 11.1 Å². The lowest BCUT2D eigenvalue weighted by molar-refractivity contribution is 0.284. The second-order valence-corrected chi connectivity index (χ2v) is 5.54. The predicted octanol–water partition coefficient (Wildman–Crippen LogP) is 3.11. The normalized spacial score (nSPS) is 10.5. The first kappa shape index (κ1) is 16.7. The number of methoxy groups -OCH3 is 2. The summed E-state index contributed by atoms with van der Waals surface area (Å²) in [5.74, 6) is 2.69. The zero-order chi connectivity index (χ0) is 17.6. The van der Waals surface area contributed by atoms with Gasteiger partial charge in [-0.05, 0) is 35.4 Å². The summed E-state index contributed by atoms with van der Waals surface area (Å²) in [5.41, 5.74) is 7.92. The van der Waals surface area contributed by atoms with Crippen LogP contribution in [0.5, 0.6) is 17.2 Å². The lowest BCUT2D eigenvalue weighted by Crippen LogP contribution is -2.04. The van der Waals surface area contributed by atoms with Crippen molar-refractivity contribution in [1.82, 2.24) is 9.55 Å². The van der Waals surface area contributed by atoms with Gasteiger partial charge >= 0.3 is 0 Å². The molecule has 130 valence electrons. The van der Waals surface area contributed by atoms with E-state index in [1.165, 1.54) is 0 Å². The number of imidazole rings is 1. The Bertz CT molecular complexity index is 828. The van der Waals surface area contributed by atoms with Crippen molar-refractivity contribution < 1.29 is 14.2 Å². The van der Waals surface area contributed by atoms with Gasteiger partial charge in [0.1, 0.15) is 12.4 Å². The SMILES string of the molecule is COc1ccc(COc2ccc(Cn3ccnc3N)cc2OC)cc1. The number of anilines is 1. The maximum Gasteiger partial charge on any atom is 0.200 e. The molecule has 0 unspecified atom stereocenters. The Labute approximate surface area is 146 Å². The maximum absolute atomic E-state index is 5.89. The van der Waals surface area contributed by atoms with Gasteiger partial charge in [-0.25, -0.2) is 4.98 Å². The van der Waals surface area contributed by atoms with Crippen molar-refractivity contribution in [3.05, 3.63) is 66.0 Å². The van der Waals surface area contributed by atoms with Crippen molar-refractivity contribution in [3.63, 3.8) is 0 Å². The minimum atomic E-state index is 0.453. The number of rotatable bonds is 7. The first-order valence-corrected chi connectivity index (χ1v) is 7.89. The molecule has 0 bridgehead atoms. The molecular formula is C19H21N3O3. The summed E-state index contributed by atoms with van der Waals surface area (Å²) in [6, 6.07) is 13.6. The second kappa shape index (κ2) is 7.61. The van der Waals surface area contributed by atoms with Gasteiger partial charge in [0.25, 0.3) is 0 Å². The largest absolute Gasteiger partial charge is 0.497 e. The molecule has 6 heteroatoms. The highest BCUT2D eigenvalue weighted by Crippen LogP contribution is 2.29. The average molecular weight is 339 g/mol. The summed E-state index contributed by atoms with van der Waals surface area (Å²) in [7, 11) is 3.28. The number of ether oxygens (including phenoxy) is 3. The highest BCUT2D eigenvalue weighted by Gasteiger charge is 2.08. The summed E-state index contributed by atoms with van der Waals surface area (Å²) in [5, 5.41) is 0. The molecule has 0 saturated heterocycles. The predicted molar refractivity (Wildman–Crippen MR) is 96.1 cm³/mol. The number of nitrogens with zero attached hydrogens (tertiary/aromatic N) is 2. The molecule has 3 aromatic rings. The summed E-state index contributed by atoms with van der Waals surface area (Å²) in [4.78, 5) is 4.02. The summed E-state index contributed by atoms with van der Waals surface area (Å²) in [6.45, 7) is 1.08. The molecule has 0 aliphatic heterocycles. The first-order valence-electron chi connectivity index (χ1n) is 7.89. The van der Waals surface area contributed by atoms with Crippen LogP contribution in [0.15, 0.2) is 54.9 Å². The van der Waals surface area contributed by atoms with E-state index in [1.807, 2.05) is 53.2 Å². The van der Waals surface area contributed by atoms with E-state index < -0.39 is 0 Å². The molecule has 2 aromatic carbocycles. The Morgan fingerprint density at radius 2 is 1.72 bits per heavy atom. The zero-order valence-corrected chi connectivity index (χ0v) is 14.3. The van der Waals surface area contributed by atoms with Crippen molar-refractivity contribution in [2.45, 2.75) is 13.2 Å². The van der Waals surface area contributed by atoms with Gasteiger partial charge in [-0.15, -0.1) is 0 Å². The number of nitrogens with two attached hydrogens (primary N) is 1. The third kappa shape index (κ3) is 4.03. The molecule has 2 N–H and O–H groups in total. The molecule has 0 fully saturated rings. The minimum absolute atomic E-state index is 0.453. The van der Waals surface area contributed by atoms with Crippen LogP contribution >= 0.6 is 0 Å². The molecule has 0 amide bonds. The molecule has 0 aliphatic carbocycles.